The fraction of sp³-hybridized carbons (Fsp3) is 0.538. The third-order valence-corrected chi connectivity index (χ3v) is 4.77. The van der Waals surface area contributed by atoms with Crippen molar-refractivity contribution in [1.82, 2.24) is 5.32 Å². The summed E-state index contributed by atoms with van der Waals surface area (Å²) in [5, 5.41) is 4.44. The summed E-state index contributed by atoms with van der Waals surface area (Å²) in [5.41, 5.74) is 1.54. The van der Waals surface area contributed by atoms with Crippen LogP contribution in [0.25, 0.3) is 0 Å². The zero-order valence-electron chi connectivity index (χ0n) is 8.91. The van der Waals surface area contributed by atoms with E-state index in [0.717, 1.165) is 11.3 Å². The predicted molar refractivity (Wildman–Crippen MR) is 65.4 cm³/mol. The van der Waals surface area contributed by atoms with Crippen molar-refractivity contribution >= 4 is 11.8 Å². The number of hydrogen-bond donors (Lipinski definition) is 1. The Balaban J connectivity index is 1.54. The molecule has 1 aromatic carbocycles. The van der Waals surface area contributed by atoms with E-state index in [9.17, 15) is 0 Å². The second kappa shape index (κ2) is 4.18. The number of benzene rings is 1. The van der Waals surface area contributed by atoms with E-state index in [-0.39, 0.29) is 0 Å². The second-order valence-corrected chi connectivity index (χ2v) is 5.93. The molecule has 1 fully saturated rings. The Hall–Kier alpha value is -0.470. The Kier molecular flexibility index (Phi) is 2.72. The molecule has 2 heteroatoms. The van der Waals surface area contributed by atoms with Gasteiger partial charge in [0.05, 0.1) is 0 Å². The predicted octanol–water partition coefficient (Wildman–Crippen LogP) is 2.85. The lowest BCUT2D eigenvalue weighted by molar-refractivity contribution is 0.341. The fourth-order valence-electron chi connectivity index (χ4n) is 2.28. The summed E-state index contributed by atoms with van der Waals surface area (Å²) in [6, 6.07) is 9.65. The molecule has 0 radical (unpaired) electrons. The third kappa shape index (κ3) is 2.06. The van der Waals surface area contributed by atoms with Gasteiger partial charge in [0.2, 0.25) is 0 Å². The van der Waals surface area contributed by atoms with Gasteiger partial charge in [-0.05, 0) is 30.9 Å². The van der Waals surface area contributed by atoms with Crippen LogP contribution in [-0.4, -0.2) is 17.8 Å². The van der Waals surface area contributed by atoms with Gasteiger partial charge < -0.3 is 5.32 Å². The van der Waals surface area contributed by atoms with Crippen molar-refractivity contribution in [3.63, 3.8) is 0 Å². The zero-order valence-corrected chi connectivity index (χ0v) is 9.72. The van der Waals surface area contributed by atoms with E-state index in [0.29, 0.717) is 0 Å². The third-order valence-electron chi connectivity index (χ3n) is 3.45. The van der Waals surface area contributed by atoms with Gasteiger partial charge in [-0.1, -0.05) is 24.6 Å². The molecule has 1 N–H and O–H groups in total. The van der Waals surface area contributed by atoms with Crippen molar-refractivity contribution in [2.24, 2.45) is 0 Å². The van der Waals surface area contributed by atoms with Crippen LogP contribution >= 0.6 is 11.8 Å². The van der Waals surface area contributed by atoms with Gasteiger partial charge in [0.1, 0.15) is 0 Å². The normalized spacial score (nSPS) is 24.9. The number of hydrogen-bond acceptors (Lipinski definition) is 2. The fourth-order valence-corrected chi connectivity index (χ4v) is 3.54. The molecular formula is C13H17NS. The van der Waals surface area contributed by atoms with Crippen LogP contribution in [0.2, 0.25) is 0 Å². The minimum absolute atomic E-state index is 0.767. The van der Waals surface area contributed by atoms with Crippen LogP contribution in [0.4, 0.5) is 0 Å². The SMILES string of the molecule is c1ccc2c(c1)CC(CNC1CCC1)S2. The van der Waals surface area contributed by atoms with E-state index in [2.05, 4.69) is 41.3 Å². The average Bonchev–Trinajstić information content (AvgIpc) is 2.57. The summed E-state index contributed by atoms with van der Waals surface area (Å²) in [6.07, 6.45) is 5.46. The summed E-state index contributed by atoms with van der Waals surface area (Å²) in [7, 11) is 0. The molecule has 0 spiro atoms. The summed E-state index contributed by atoms with van der Waals surface area (Å²) >= 11 is 2.05. The summed E-state index contributed by atoms with van der Waals surface area (Å²) in [5.74, 6) is 0. The number of thioether (sulfide) groups is 1. The highest BCUT2D eigenvalue weighted by atomic mass is 32.2. The van der Waals surface area contributed by atoms with Gasteiger partial charge in [0.15, 0.2) is 0 Å². The molecular weight excluding hydrogens is 202 g/mol. The molecule has 1 aliphatic heterocycles. The molecule has 2 aliphatic rings. The zero-order chi connectivity index (χ0) is 10.1. The molecule has 0 saturated heterocycles. The van der Waals surface area contributed by atoms with Crippen LogP contribution in [0, 0.1) is 0 Å². The van der Waals surface area contributed by atoms with E-state index in [4.69, 9.17) is 0 Å². The molecule has 80 valence electrons. The lowest BCUT2D eigenvalue weighted by atomic mass is 9.93. The van der Waals surface area contributed by atoms with Crippen molar-refractivity contribution < 1.29 is 0 Å². The molecule has 1 nitrogen and oxygen atoms in total. The smallest absolute Gasteiger partial charge is 0.0260 e. The van der Waals surface area contributed by atoms with Crippen molar-refractivity contribution in [2.75, 3.05) is 6.54 Å². The molecule has 1 unspecified atom stereocenters. The quantitative estimate of drug-likeness (QED) is 0.839. The number of nitrogens with one attached hydrogen (secondary N) is 1. The minimum Gasteiger partial charge on any atom is -0.313 e. The standard InChI is InChI=1S/C13H17NS/c1-2-7-13-10(4-1)8-12(15-13)9-14-11-5-3-6-11/h1-2,4,7,11-12,14H,3,5-6,8-9H2. The topological polar surface area (TPSA) is 12.0 Å². The van der Waals surface area contributed by atoms with Crippen LogP contribution in [-0.2, 0) is 6.42 Å². The Labute approximate surface area is 95.6 Å². The number of fused-ring (bicyclic) bond motifs is 1. The van der Waals surface area contributed by atoms with Crippen molar-refractivity contribution in [3.05, 3.63) is 29.8 Å². The molecule has 3 rings (SSSR count). The summed E-state index contributed by atoms with van der Waals surface area (Å²) in [4.78, 5) is 1.50. The van der Waals surface area contributed by atoms with E-state index in [1.165, 1.54) is 37.1 Å². The highest BCUT2D eigenvalue weighted by Crippen LogP contribution is 2.36. The molecule has 0 bridgehead atoms. The van der Waals surface area contributed by atoms with Crippen LogP contribution in [0.15, 0.2) is 29.2 Å². The van der Waals surface area contributed by atoms with E-state index in [1.807, 2.05) is 0 Å². The maximum atomic E-state index is 3.68. The largest absolute Gasteiger partial charge is 0.313 e. The Morgan fingerprint density at radius 2 is 2.13 bits per heavy atom. The lowest BCUT2D eigenvalue weighted by Crippen LogP contribution is -2.38. The maximum Gasteiger partial charge on any atom is 0.0260 e. The Morgan fingerprint density at radius 1 is 1.27 bits per heavy atom. The first-order valence-electron chi connectivity index (χ1n) is 5.90. The summed E-state index contributed by atoms with van der Waals surface area (Å²) < 4.78 is 0. The first-order chi connectivity index (χ1) is 7.42. The van der Waals surface area contributed by atoms with Crippen LogP contribution < -0.4 is 5.32 Å². The van der Waals surface area contributed by atoms with Gasteiger partial charge in [-0.2, -0.15) is 0 Å². The van der Waals surface area contributed by atoms with Crippen molar-refractivity contribution in [1.29, 1.82) is 0 Å². The maximum absolute atomic E-state index is 3.68. The molecule has 1 aromatic rings. The molecule has 1 aliphatic carbocycles. The van der Waals surface area contributed by atoms with Gasteiger partial charge in [0, 0.05) is 22.7 Å². The molecule has 0 amide bonds. The first-order valence-corrected chi connectivity index (χ1v) is 6.78. The van der Waals surface area contributed by atoms with Crippen LogP contribution in [0.3, 0.4) is 0 Å². The van der Waals surface area contributed by atoms with E-state index < -0.39 is 0 Å². The Bertz CT molecular complexity index is 321. The molecule has 1 heterocycles. The Morgan fingerprint density at radius 3 is 2.87 bits per heavy atom. The second-order valence-electron chi connectivity index (χ2n) is 4.59. The highest BCUT2D eigenvalue weighted by Gasteiger charge is 2.23. The average molecular weight is 219 g/mol. The first kappa shape index (κ1) is 9.73. The molecule has 1 atom stereocenters. The molecule has 15 heavy (non-hydrogen) atoms. The van der Waals surface area contributed by atoms with Gasteiger partial charge >= 0.3 is 0 Å². The molecule has 1 saturated carbocycles. The van der Waals surface area contributed by atoms with Gasteiger partial charge in [-0.25, -0.2) is 0 Å². The summed E-state index contributed by atoms with van der Waals surface area (Å²) in [6.45, 7) is 1.18. The number of rotatable bonds is 3. The van der Waals surface area contributed by atoms with Gasteiger partial charge in [-0.3, -0.25) is 0 Å². The van der Waals surface area contributed by atoms with Crippen molar-refractivity contribution in [2.45, 2.75) is 41.9 Å². The minimum atomic E-state index is 0.767. The van der Waals surface area contributed by atoms with E-state index in [1.54, 1.807) is 5.56 Å². The monoisotopic (exact) mass is 219 g/mol. The molecule has 0 aromatic heterocycles. The lowest BCUT2D eigenvalue weighted by Gasteiger charge is -2.27. The van der Waals surface area contributed by atoms with Crippen molar-refractivity contribution in [3.8, 4) is 0 Å². The van der Waals surface area contributed by atoms with E-state index >= 15 is 0 Å². The van der Waals surface area contributed by atoms with Gasteiger partial charge in [0.25, 0.3) is 0 Å². The van der Waals surface area contributed by atoms with Gasteiger partial charge in [-0.15, -0.1) is 11.8 Å². The van der Waals surface area contributed by atoms with Crippen LogP contribution in [0.1, 0.15) is 24.8 Å². The van der Waals surface area contributed by atoms with Crippen LogP contribution in [0.5, 0.6) is 0 Å². The highest BCUT2D eigenvalue weighted by molar-refractivity contribution is 8.00.